The maximum Gasteiger partial charge on any atom is 0.130 e. The van der Waals surface area contributed by atoms with Gasteiger partial charge in [0, 0.05) is 24.3 Å². The lowest BCUT2D eigenvalue weighted by atomic mass is 10.0. The van der Waals surface area contributed by atoms with Crippen LogP contribution in [0.2, 0.25) is 0 Å². The first-order valence-corrected chi connectivity index (χ1v) is 4.42. The van der Waals surface area contributed by atoms with Crippen molar-refractivity contribution in [3.05, 3.63) is 35.4 Å². The number of rotatable bonds is 4. The van der Waals surface area contributed by atoms with Gasteiger partial charge in [-0.05, 0) is 19.5 Å². The highest BCUT2D eigenvalue weighted by Crippen LogP contribution is 2.20. The van der Waals surface area contributed by atoms with Crippen molar-refractivity contribution in [2.45, 2.75) is 12.5 Å². The van der Waals surface area contributed by atoms with Crippen molar-refractivity contribution in [3.63, 3.8) is 0 Å². The fourth-order valence-corrected chi connectivity index (χ4v) is 1.37. The van der Waals surface area contributed by atoms with E-state index in [1.165, 1.54) is 12.1 Å². The highest BCUT2D eigenvalue weighted by Gasteiger charge is 2.13. The Bertz CT molecular complexity index is 304. The first-order valence-electron chi connectivity index (χ1n) is 4.42. The third kappa shape index (κ3) is 2.49. The summed E-state index contributed by atoms with van der Waals surface area (Å²) in [4.78, 5) is 0. The van der Waals surface area contributed by atoms with Crippen LogP contribution in [0.5, 0.6) is 0 Å². The second-order valence-corrected chi connectivity index (χ2v) is 3.02. The monoisotopic (exact) mass is 201 g/mol. The molecule has 0 bridgehead atoms. The molecule has 1 unspecified atom stereocenters. The molecule has 4 heteroatoms. The van der Waals surface area contributed by atoms with E-state index >= 15 is 0 Å². The standard InChI is InChI=1S/C10H13F2NO/c1-13-10(4-5-14)8-3-2-7(11)6-9(8)12/h2-3,6,10,13-14H,4-5H2,1H3. The third-order valence-corrected chi connectivity index (χ3v) is 2.10. The number of aliphatic hydroxyl groups is 1. The molecule has 1 atom stereocenters. The van der Waals surface area contributed by atoms with Crippen molar-refractivity contribution in [1.29, 1.82) is 0 Å². The summed E-state index contributed by atoms with van der Waals surface area (Å²) >= 11 is 0. The molecular weight excluding hydrogens is 188 g/mol. The van der Waals surface area contributed by atoms with Crippen molar-refractivity contribution >= 4 is 0 Å². The zero-order valence-electron chi connectivity index (χ0n) is 7.93. The third-order valence-electron chi connectivity index (χ3n) is 2.10. The minimum atomic E-state index is -0.592. The lowest BCUT2D eigenvalue weighted by molar-refractivity contribution is 0.267. The number of nitrogens with one attached hydrogen (secondary N) is 1. The van der Waals surface area contributed by atoms with Crippen molar-refractivity contribution in [1.82, 2.24) is 5.32 Å². The predicted octanol–water partition coefficient (Wildman–Crippen LogP) is 1.61. The molecule has 0 saturated carbocycles. The molecule has 1 aromatic rings. The van der Waals surface area contributed by atoms with Gasteiger partial charge < -0.3 is 10.4 Å². The van der Waals surface area contributed by atoms with Crippen molar-refractivity contribution < 1.29 is 13.9 Å². The van der Waals surface area contributed by atoms with Crippen LogP contribution in [0.15, 0.2) is 18.2 Å². The molecule has 1 aromatic carbocycles. The molecule has 2 nitrogen and oxygen atoms in total. The molecule has 1 rings (SSSR count). The molecule has 0 radical (unpaired) electrons. The zero-order chi connectivity index (χ0) is 10.6. The van der Waals surface area contributed by atoms with E-state index < -0.39 is 11.6 Å². The molecule has 78 valence electrons. The van der Waals surface area contributed by atoms with Gasteiger partial charge in [0.05, 0.1) is 0 Å². The van der Waals surface area contributed by atoms with E-state index in [9.17, 15) is 8.78 Å². The Kier molecular flexibility index (Phi) is 3.98. The summed E-state index contributed by atoms with van der Waals surface area (Å²) in [6.07, 6.45) is 0.402. The Labute approximate surface area is 81.6 Å². The minimum Gasteiger partial charge on any atom is -0.396 e. The number of halogens is 2. The largest absolute Gasteiger partial charge is 0.396 e. The van der Waals surface area contributed by atoms with Gasteiger partial charge in [-0.1, -0.05) is 6.07 Å². The normalized spacial score (nSPS) is 12.9. The number of hydrogen-bond donors (Lipinski definition) is 2. The second-order valence-electron chi connectivity index (χ2n) is 3.02. The molecule has 0 aliphatic heterocycles. The summed E-state index contributed by atoms with van der Waals surface area (Å²) in [6.45, 7) is -0.0394. The van der Waals surface area contributed by atoms with Crippen LogP contribution in [0, 0.1) is 11.6 Å². The summed E-state index contributed by atoms with van der Waals surface area (Å²) in [5, 5.41) is 11.6. The van der Waals surface area contributed by atoms with Gasteiger partial charge in [-0.15, -0.1) is 0 Å². The lowest BCUT2D eigenvalue weighted by Crippen LogP contribution is -2.18. The Hall–Kier alpha value is -1.00. The molecule has 0 saturated heterocycles. The van der Waals surface area contributed by atoms with Crippen LogP contribution in [0.3, 0.4) is 0 Å². The van der Waals surface area contributed by atoms with Gasteiger partial charge in [0.15, 0.2) is 0 Å². The SMILES string of the molecule is CNC(CCO)c1ccc(F)cc1F. The second kappa shape index (κ2) is 5.02. The van der Waals surface area contributed by atoms with Crippen LogP contribution in [-0.2, 0) is 0 Å². The number of aliphatic hydroxyl groups excluding tert-OH is 1. The van der Waals surface area contributed by atoms with Crippen molar-refractivity contribution in [3.8, 4) is 0 Å². The van der Waals surface area contributed by atoms with Crippen LogP contribution in [-0.4, -0.2) is 18.8 Å². The molecule has 0 spiro atoms. The number of hydrogen-bond acceptors (Lipinski definition) is 2. The average molecular weight is 201 g/mol. The van der Waals surface area contributed by atoms with Gasteiger partial charge in [0.2, 0.25) is 0 Å². The van der Waals surface area contributed by atoms with Crippen LogP contribution in [0.25, 0.3) is 0 Å². The van der Waals surface area contributed by atoms with E-state index in [0.29, 0.717) is 12.0 Å². The van der Waals surface area contributed by atoms with Crippen LogP contribution in [0.4, 0.5) is 8.78 Å². The van der Waals surface area contributed by atoms with Gasteiger partial charge in [0.25, 0.3) is 0 Å². The molecule has 0 fully saturated rings. The smallest absolute Gasteiger partial charge is 0.130 e. The molecule has 14 heavy (non-hydrogen) atoms. The average Bonchev–Trinajstić information content (AvgIpc) is 2.15. The van der Waals surface area contributed by atoms with Gasteiger partial charge >= 0.3 is 0 Å². The Balaban J connectivity index is 2.92. The van der Waals surface area contributed by atoms with Gasteiger partial charge in [0.1, 0.15) is 11.6 Å². The fraction of sp³-hybridized carbons (Fsp3) is 0.400. The Morgan fingerprint density at radius 3 is 2.64 bits per heavy atom. The predicted molar refractivity (Wildman–Crippen MR) is 49.9 cm³/mol. The van der Waals surface area contributed by atoms with E-state index in [1.807, 2.05) is 0 Å². The zero-order valence-corrected chi connectivity index (χ0v) is 7.93. The van der Waals surface area contributed by atoms with E-state index in [1.54, 1.807) is 7.05 Å². The summed E-state index contributed by atoms with van der Waals surface area (Å²) in [7, 11) is 1.67. The van der Waals surface area contributed by atoms with Gasteiger partial charge in [-0.2, -0.15) is 0 Å². The molecule has 0 heterocycles. The topological polar surface area (TPSA) is 32.3 Å². The number of benzene rings is 1. The van der Waals surface area contributed by atoms with E-state index in [4.69, 9.17) is 5.11 Å². The molecular formula is C10H13F2NO. The molecule has 2 N–H and O–H groups in total. The highest BCUT2D eigenvalue weighted by atomic mass is 19.1. The van der Waals surface area contributed by atoms with Crippen LogP contribution in [0.1, 0.15) is 18.0 Å². The first-order chi connectivity index (χ1) is 6.69. The van der Waals surface area contributed by atoms with E-state index in [2.05, 4.69) is 5.32 Å². The maximum absolute atomic E-state index is 13.2. The van der Waals surface area contributed by atoms with Gasteiger partial charge in [-0.25, -0.2) is 8.78 Å². The summed E-state index contributed by atoms with van der Waals surface area (Å²) in [6, 6.07) is 3.17. The highest BCUT2D eigenvalue weighted by molar-refractivity contribution is 5.22. The minimum absolute atomic E-state index is 0.0394. The summed E-state index contributed by atoms with van der Waals surface area (Å²) in [5.74, 6) is -1.18. The van der Waals surface area contributed by atoms with Crippen LogP contribution < -0.4 is 5.32 Å². The molecule has 0 aliphatic carbocycles. The molecule has 0 aromatic heterocycles. The Morgan fingerprint density at radius 1 is 1.43 bits per heavy atom. The van der Waals surface area contributed by atoms with E-state index in [-0.39, 0.29) is 12.6 Å². The van der Waals surface area contributed by atoms with Crippen molar-refractivity contribution in [2.75, 3.05) is 13.7 Å². The van der Waals surface area contributed by atoms with Crippen molar-refractivity contribution in [2.24, 2.45) is 0 Å². The van der Waals surface area contributed by atoms with Crippen LogP contribution >= 0.6 is 0 Å². The lowest BCUT2D eigenvalue weighted by Gasteiger charge is -2.15. The van der Waals surface area contributed by atoms with E-state index in [0.717, 1.165) is 6.07 Å². The summed E-state index contributed by atoms with van der Waals surface area (Å²) < 4.78 is 25.8. The Morgan fingerprint density at radius 2 is 2.14 bits per heavy atom. The summed E-state index contributed by atoms with van der Waals surface area (Å²) in [5.41, 5.74) is 0.378. The molecule has 0 amide bonds. The first kappa shape index (κ1) is 11.1. The maximum atomic E-state index is 13.2. The van der Waals surface area contributed by atoms with Gasteiger partial charge in [-0.3, -0.25) is 0 Å². The molecule has 0 aliphatic rings. The fourth-order valence-electron chi connectivity index (χ4n) is 1.37. The quantitative estimate of drug-likeness (QED) is 0.775.